The fourth-order valence-corrected chi connectivity index (χ4v) is 1.47. The lowest BCUT2D eigenvalue weighted by Crippen LogP contribution is -2.15. The van der Waals surface area contributed by atoms with Gasteiger partial charge in [0.1, 0.15) is 0 Å². The Kier molecular flexibility index (Phi) is 4.39. The van der Waals surface area contributed by atoms with Crippen LogP contribution >= 0.6 is 0 Å². The van der Waals surface area contributed by atoms with Crippen molar-refractivity contribution in [2.24, 2.45) is 5.41 Å². The maximum Gasteiger partial charge on any atom is 0.0684 e. The zero-order chi connectivity index (χ0) is 12.9. The smallest absolute Gasteiger partial charge is 0.0684 e. The molecule has 0 aromatic heterocycles. The van der Waals surface area contributed by atoms with Crippen molar-refractivity contribution in [1.29, 1.82) is 5.26 Å². The summed E-state index contributed by atoms with van der Waals surface area (Å²) in [6, 6.07) is 10.6. The van der Waals surface area contributed by atoms with Crippen molar-refractivity contribution < 1.29 is 0 Å². The Morgan fingerprint density at radius 1 is 1.35 bits per heavy atom. The van der Waals surface area contributed by atoms with E-state index in [-0.39, 0.29) is 5.41 Å². The lowest BCUT2D eigenvalue weighted by atomic mass is 9.91. The molecule has 0 heterocycles. The zero-order valence-electron chi connectivity index (χ0n) is 11.1. The standard InChI is InChI=1S/C14H21N3/c1-14(2,11-15)8-9-16-12-6-5-7-13(10-12)17(3)4/h5-7,10,16H,8-9H2,1-4H3. The lowest BCUT2D eigenvalue weighted by Gasteiger charge is -2.17. The Balaban J connectivity index is 2.53. The molecule has 0 spiro atoms. The Labute approximate surface area is 104 Å². The highest BCUT2D eigenvalue weighted by Crippen LogP contribution is 2.20. The normalized spacial score (nSPS) is 10.8. The first-order valence-electron chi connectivity index (χ1n) is 5.87. The number of nitriles is 1. The summed E-state index contributed by atoms with van der Waals surface area (Å²) in [5.74, 6) is 0. The van der Waals surface area contributed by atoms with Crippen LogP contribution in [0.2, 0.25) is 0 Å². The second kappa shape index (κ2) is 5.58. The minimum atomic E-state index is -0.258. The molecule has 0 saturated carbocycles. The van der Waals surface area contributed by atoms with E-state index in [1.165, 1.54) is 5.69 Å². The predicted octanol–water partition coefficient (Wildman–Crippen LogP) is 3.10. The Hall–Kier alpha value is -1.69. The van der Waals surface area contributed by atoms with Gasteiger partial charge in [-0.25, -0.2) is 0 Å². The van der Waals surface area contributed by atoms with Crippen molar-refractivity contribution in [3.05, 3.63) is 24.3 Å². The Morgan fingerprint density at radius 2 is 2.06 bits per heavy atom. The van der Waals surface area contributed by atoms with Gasteiger partial charge in [-0.05, 0) is 38.5 Å². The van der Waals surface area contributed by atoms with Gasteiger partial charge in [-0.2, -0.15) is 5.26 Å². The van der Waals surface area contributed by atoms with Crippen molar-refractivity contribution in [2.75, 3.05) is 30.9 Å². The Bertz CT molecular complexity index is 402. The first-order valence-corrected chi connectivity index (χ1v) is 5.87. The van der Waals surface area contributed by atoms with Crippen LogP contribution in [0.5, 0.6) is 0 Å². The summed E-state index contributed by atoms with van der Waals surface area (Å²) >= 11 is 0. The zero-order valence-corrected chi connectivity index (χ0v) is 11.1. The van der Waals surface area contributed by atoms with Crippen molar-refractivity contribution in [3.63, 3.8) is 0 Å². The highest BCUT2D eigenvalue weighted by atomic mass is 15.1. The third kappa shape index (κ3) is 4.36. The number of hydrogen-bond donors (Lipinski definition) is 1. The van der Waals surface area contributed by atoms with Gasteiger partial charge >= 0.3 is 0 Å². The summed E-state index contributed by atoms with van der Waals surface area (Å²) in [5.41, 5.74) is 2.02. The third-order valence-corrected chi connectivity index (χ3v) is 2.74. The van der Waals surface area contributed by atoms with E-state index in [0.717, 1.165) is 18.7 Å². The SMILES string of the molecule is CN(C)c1cccc(NCCC(C)(C)C#N)c1. The van der Waals surface area contributed by atoms with Gasteiger partial charge in [-0.3, -0.25) is 0 Å². The number of hydrogen-bond acceptors (Lipinski definition) is 3. The number of rotatable bonds is 5. The topological polar surface area (TPSA) is 39.1 Å². The molecular formula is C14H21N3. The first-order chi connectivity index (χ1) is 7.94. The number of nitrogens with one attached hydrogen (secondary N) is 1. The molecule has 0 aliphatic heterocycles. The fourth-order valence-electron chi connectivity index (χ4n) is 1.47. The van der Waals surface area contributed by atoms with Crippen LogP contribution in [-0.4, -0.2) is 20.6 Å². The van der Waals surface area contributed by atoms with Gasteiger partial charge in [-0.1, -0.05) is 6.07 Å². The monoisotopic (exact) mass is 231 g/mol. The molecule has 1 aromatic carbocycles. The quantitative estimate of drug-likeness (QED) is 0.846. The molecule has 0 atom stereocenters. The van der Waals surface area contributed by atoms with E-state index in [0.29, 0.717) is 0 Å². The van der Waals surface area contributed by atoms with Gasteiger partial charge < -0.3 is 10.2 Å². The molecule has 1 N–H and O–H groups in total. The largest absolute Gasteiger partial charge is 0.385 e. The van der Waals surface area contributed by atoms with Crippen molar-refractivity contribution >= 4 is 11.4 Å². The van der Waals surface area contributed by atoms with E-state index in [1.54, 1.807) is 0 Å². The van der Waals surface area contributed by atoms with E-state index >= 15 is 0 Å². The highest BCUT2D eigenvalue weighted by molar-refractivity contribution is 5.57. The number of anilines is 2. The van der Waals surface area contributed by atoms with Crippen LogP contribution in [0.1, 0.15) is 20.3 Å². The van der Waals surface area contributed by atoms with Crippen LogP contribution < -0.4 is 10.2 Å². The summed E-state index contributed by atoms with van der Waals surface area (Å²) in [6.45, 7) is 4.74. The van der Waals surface area contributed by atoms with Crippen LogP contribution in [0.15, 0.2) is 24.3 Å². The summed E-state index contributed by atoms with van der Waals surface area (Å²) < 4.78 is 0. The first kappa shape index (κ1) is 13.4. The van der Waals surface area contributed by atoms with E-state index in [1.807, 2.05) is 40.1 Å². The molecule has 92 valence electrons. The van der Waals surface area contributed by atoms with E-state index in [4.69, 9.17) is 5.26 Å². The van der Waals surface area contributed by atoms with Crippen LogP contribution in [0.4, 0.5) is 11.4 Å². The van der Waals surface area contributed by atoms with Gasteiger partial charge in [0.05, 0.1) is 11.5 Å². The molecule has 0 unspecified atom stereocenters. The van der Waals surface area contributed by atoms with Gasteiger partial charge in [0.2, 0.25) is 0 Å². The van der Waals surface area contributed by atoms with Gasteiger partial charge in [0.25, 0.3) is 0 Å². The maximum atomic E-state index is 8.92. The number of benzene rings is 1. The molecule has 1 rings (SSSR count). The van der Waals surface area contributed by atoms with Crippen LogP contribution in [0.3, 0.4) is 0 Å². The minimum Gasteiger partial charge on any atom is -0.385 e. The van der Waals surface area contributed by atoms with Crippen LogP contribution in [-0.2, 0) is 0 Å². The van der Waals surface area contributed by atoms with Crippen LogP contribution in [0.25, 0.3) is 0 Å². The molecule has 0 radical (unpaired) electrons. The highest BCUT2D eigenvalue weighted by Gasteiger charge is 2.15. The lowest BCUT2D eigenvalue weighted by molar-refractivity contribution is 0.466. The number of nitrogens with zero attached hydrogens (tertiary/aromatic N) is 2. The molecule has 0 saturated heterocycles. The fraction of sp³-hybridized carbons (Fsp3) is 0.500. The third-order valence-electron chi connectivity index (χ3n) is 2.74. The summed E-state index contributed by atoms with van der Waals surface area (Å²) in [6.07, 6.45) is 0.843. The molecule has 0 fully saturated rings. The predicted molar refractivity (Wildman–Crippen MR) is 73.3 cm³/mol. The summed E-state index contributed by atoms with van der Waals surface area (Å²) in [7, 11) is 4.05. The van der Waals surface area contributed by atoms with E-state index in [9.17, 15) is 0 Å². The van der Waals surface area contributed by atoms with Crippen molar-refractivity contribution in [3.8, 4) is 6.07 Å². The van der Waals surface area contributed by atoms with Crippen molar-refractivity contribution in [2.45, 2.75) is 20.3 Å². The molecule has 3 nitrogen and oxygen atoms in total. The summed E-state index contributed by atoms with van der Waals surface area (Å²) in [5, 5.41) is 12.3. The molecule has 0 aliphatic rings. The second-order valence-electron chi connectivity index (χ2n) is 5.12. The van der Waals surface area contributed by atoms with E-state index in [2.05, 4.69) is 28.4 Å². The molecule has 17 heavy (non-hydrogen) atoms. The van der Waals surface area contributed by atoms with Gasteiger partial charge in [-0.15, -0.1) is 0 Å². The average Bonchev–Trinajstić information content (AvgIpc) is 2.29. The summed E-state index contributed by atoms with van der Waals surface area (Å²) in [4.78, 5) is 2.07. The molecule has 0 aliphatic carbocycles. The molecule has 0 bridgehead atoms. The van der Waals surface area contributed by atoms with Crippen molar-refractivity contribution in [1.82, 2.24) is 0 Å². The molecule has 1 aromatic rings. The van der Waals surface area contributed by atoms with Crippen LogP contribution in [0, 0.1) is 16.7 Å². The van der Waals surface area contributed by atoms with E-state index < -0.39 is 0 Å². The average molecular weight is 231 g/mol. The Morgan fingerprint density at radius 3 is 2.65 bits per heavy atom. The minimum absolute atomic E-state index is 0.258. The molecular weight excluding hydrogens is 210 g/mol. The molecule has 0 amide bonds. The molecule has 3 heteroatoms. The van der Waals surface area contributed by atoms with Gasteiger partial charge in [0.15, 0.2) is 0 Å². The second-order valence-corrected chi connectivity index (χ2v) is 5.12. The van der Waals surface area contributed by atoms with Gasteiger partial charge in [0, 0.05) is 32.0 Å². The maximum absolute atomic E-state index is 8.92.